The van der Waals surface area contributed by atoms with E-state index in [-0.39, 0.29) is 87.9 Å². The molecule has 2 fully saturated rings. The van der Waals surface area contributed by atoms with Crippen LogP contribution in [0, 0.1) is 21.7 Å². The van der Waals surface area contributed by atoms with Gasteiger partial charge in [0.05, 0.1) is 31.2 Å². The van der Waals surface area contributed by atoms with Crippen LogP contribution < -0.4 is 66.2 Å². The summed E-state index contributed by atoms with van der Waals surface area (Å²) in [6.45, 7) is 8.54. The smallest absolute Gasteiger partial charge is 0.497 e. The van der Waals surface area contributed by atoms with E-state index in [1.165, 1.54) is 4.57 Å². The van der Waals surface area contributed by atoms with Gasteiger partial charge in [-0.25, -0.2) is 19.6 Å². The average molecular weight is 909 g/mol. The Morgan fingerprint density at radius 3 is 1.47 bits per heavy atom. The molecule has 18 heteroatoms. The second-order valence-electron chi connectivity index (χ2n) is 14.1. The van der Waals surface area contributed by atoms with Gasteiger partial charge in [0.2, 0.25) is 0 Å². The third-order valence-corrected chi connectivity index (χ3v) is 8.99. The second kappa shape index (κ2) is 26.6. The average Bonchev–Trinajstić information content (AvgIpc) is 3.92. The number of carbonyl (C=O) groups is 2. The molecule has 2 aliphatic heterocycles. The van der Waals surface area contributed by atoms with E-state index in [0.717, 1.165) is 72.8 Å². The molecule has 0 radical (unpaired) electrons. The van der Waals surface area contributed by atoms with Gasteiger partial charge in [0, 0.05) is 78.7 Å². The van der Waals surface area contributed by atoms with Crippen molar-refractivity contribution in [3.8, 4) is 45.2 Å². The van der Waals surface area contributed by atoms with E-state index in [2.05, 4.69) is 37.4 Å². The summed E-state index contributed by atoms with van der Waals surface area (Å²) in [4.78, 5) is 40.8. The number of rotatable bonds is 6. The molecule has 58 heavy (non-hydrogen) atoms. The van der Waals surface area contributed by atoms with Crippen molar-refractivity contribution in [3.63, 3.8) is 0 Å². The molecular formula is C40H54BrClKN10O5+. The number of nitrogens with zero attached hydrogens (tertiary/aromatic N) is 9. The van der Waals surface area contributed by atoms with Crippen molar-refractivity contribution in [1.82, 2.24) is 39.1 Å². The molecule has 6 rings (SSSR count). The number of piperidine rings is 2. The number of aliphatic hydroxyl groups is 1. The number of nitrogens with one attached hydrogen (secondary N) is 1. The van der Waals surface area contributed by atoms with Gasteiger partial charge >= 0.3 is 63.4 Å². The van der Waals surface area contributed by atoms with Gasteiger partial charge in [0.25, 0.3) is 0 Å². The zero-order valence-electron chi connectivity index (χ0n) is 34.6. The van der Waals surface area contributed by atoms with Gasteiger partial charge in [0.15, 0.2) is 6.19 Å². The Balaban J connectivity index is 0.000000477. The van der Waals surface area contributed by atoms with Crippen LogP contribution >= 0.6 is 28.3 Å². The van der Waals surface area contributed by atoms with Gasteiger partial charge in [-0.2, -0.15) is 10.5 Å². The molecular weight excluding hydrogens is 855 g/mol. The summed E-state index contributed by atoms with van der Waals surface area (Å²) < 4.78 is 13.4. The van der Waals surface area contributed by atoms with Crippen molar-refractivity contribution in [2.24, 2.45) is 0 Å². The Kier molecular flexibility index (Phi) is 24.1. The van der Waals surface area contributed by atoms with Gasteiger partial charge < -0.3 is 34.6 Å². The maximum Gasteiger partial charge on any atom is 1.00 e. The number of aromatic nitrogens is 4. The summed E-state index contributed by atoms with van der Waals surface area (Å²) >= 11 is 2.45. The molecule has 2 aromatic heterocycles. The van der Waals surface area contributed by atoms with Crippen molar-refractivity contribution in [2.75, 3.05) is 54.5 Å². The molecule has 2 aromatic carbocycles. The van der Waals surface area contributed by atoms with E-state index in [1.54, 1.807) is 79.4 Å². The van der Waals surface area contributed by atoms with Gasteiger partial charge in [-0.1, -0.05) is 0 Å². The van der Waals surface area contributed by atoms with Crippen molar-refractivity contribution in [1.29, 1.82) is 10.5 Å². The van der Waals surface area contributed by atoms with E-state index in [4.69, 9.17) is 25.1 Å². The molecule has 4 heterocycles. The number of nitriles is 2. The number of imidazole rings is 2. The first-order valence-corrected chi connectivity index (χ1v) is 19.0. The number of hydrogen-bond acceptors (Lipinski definition) is 11. The van der Waals surface area contributed by atoms with E-state index < -0.39 is 5.60 Å². The molecule has 0 saturated carbocycles. The standard InChI is InChI=1S/C18H21N5O2.C17H22N4O2.C4H10O.CBrN.ClH.K/c1-21(15-7-9-22(12-19)10-8-15)18(24)23-11-17(20-13-23)14-3-5-16(25-2)6-4-14;1-20(14-7-9-18-10-8-14)17(22)21-11-16(19-12-21)13-3-5-15(23-2)6-4-13;1-4(2,3)5;2-1-3;;/h3-6,11,13,15H,7-10H2,1-2H3;3-6,11-12,14,18H,7-10H2,1-2H3;5H,1-3H3;;1H;/q;;;;;+1. The van der Waals surface area contributed by atoms with Crippen LogP contribution in [-0.2, 0) is 0 Å². The molecule has 0 bridgehead atoms. The summed E-state index contributed by atoms with van der Waals surface area (Å²) in [5.41, 5.74) is 2.91. The molecule has 2 aliphatic rings. The van der Waals surface area contributed by atoms with Gasteiger partial charge in [-0.3, -0.25) is 9.13 Å². The SMILES string of the molecule is CC(C)(C)O.COc1ccc(-c2cn(C(=O)N(C)C3CCN(C#N)CC3)cn2)cc1.COc1ccc(-c2cn(C(=O)N(C)C3CCNCC3)cn2)cc1.Cl.N#CBr.[K+]. The summed E-state index contributed by atoms with van der Waals surface area (Å²) in [7, 11) is 6.94. The number of hydrogen-bond donors (Lipinski definition) is 2. The molecule has 0 aliphatic carbocycles. The Labute approximate surface area is 399 Å². The molecule has 308 valence electrons. The van der Waals surface area contributed by atoms with Crippen LogP contribution in [0.15, 0.2) is 73.6 Å². The van der Waals surface area contributed by atoms with Gasteiger partial charge in [-0.05, 0) is 108 Å². The Morgan fingerprint density at radius 1 is 0.793 bits per heavy atom. The van der Waals surface area contributed by atoms with Crippen LogP contribution in [0.1, 0.15) is 46.5 Å². The molecule has 2 saturated heterocycles. The fourth-order valence-electron chi connectivity index (χ4n) is 5.90. The summed E-state index contributed by atoms with van der Waals surface area (Å²) in [6.07, 6.45) is 12.4. The van der Waals surface area contributed by atoms with E-state index in [1.807, 2.05) is 67.5 Å². The Bertz CT molecular complexity index is 1890. The first-order valence-electron chi connectivity index (χ1n) is 18.2. The maximum absolute atomic E-state index is 12.7. The molecule has 0 atom stereocenters. The van der Waals surface area contributed by atoms with Gasteiger partial charge in [0.1, 0.15) is 29.1 Å². The third kappa shape index (κ3) is 17.0. The van der Waals surface area contributed by atoms with Crippen LogP contribution in [0.25, 0.3) is 22.5 Å². The number of likely N-dealkylation sites (tertiary alicyclic amines) is 1. The third-order valence-electron chi connectivity index (χ3n) is 8.99. The minimum Gasteiger partial charge on any atom is -0.497 e. The van der Waals surface area contributed by atoms with Gasteiger partial charge in [-0.15, -0.1) is 12.4 Å². The van der Waals surface area contributed by atoms with Crippen molar-refractivity contribution >= 4 is 40.4 Å². The monoisotopic (exact) mass is 907 g/mol. The predicted molar refractivity (Wildman–Crippen MR) is 225 cm³/mol. The summed E-state index contributed by atoms with van der Waals surface area (Å²) in [6, 6.07) is 15.5. The molecule has 2 amide bonds. The summed E-state index contributed by atoms with van der Waals surface area (Å²) in [5, 5.41) is 28.0. The minimum atomic E-state index is -0.500. The number of methoxy groups -OCH3 is 2. The van der Waals surface area contributed by atoms with Crippen LogP contribution in [-0.4, -0.2) is 123 Å². The number of carbonyl (C=O) groups excluding carboxylic acids is 2. The normalized spacial score (nSPS) is 13.7. The van der Waals surface area contributed by atoms with E-state index in [0.29, 0.717) is 13.1 Å². The number of benzene rings is 2. The topological polar surface area (TPSA) is 178 Å². The second-order valence-corrected chi connectivity index (χ2v) is 14.5. The largest absolute Gasteiger partial charge is 1.00 e. The quantitative estimate of drug-likeness (QED) is 0.213. The Morgan fingerprint density at radius 2 is 1.14 bits per heavy atom. The van der Waals surface area contributed by atoms with Crippen LogP contribution in [0.4, 0.5) is 9.59 Å². The zero-order valence-corrected chi connectivity index (χ0v) is 40.2. The summed E-state index contributed by atoms with van der Waals surface area (Å²) in [5.74, 6) is 1.58. The van der Waals surface area contributed by atoms with E-state index in [9.17, 15) is 9.59 Å². The van der Waals surface area contributed by atoms with Crippen molar-refractivity contribution in [2.45, 2.75) is 64.1 Å². The zero-order chi connectivity index (χ0) is 41.3. The predicted octanol–water partition coefficient (Wildman–Crippen LogP) is 3.68. The maximum atomic E-state index is 12.7. The van der Waals surface area contributed by atoms with Crippen molar-refractivity contribution in [3.05, 3.63) is 73.6 Å². The molecule has 4 aromatic rings. The molecule has 0 unspecified atom stereocenters. The first kappa shape index (κ1) is 52.5. The molecule has 0 spiro atoms. The fraction of sp³-hybridized carbons (Fsp3) is 0.450. The number of halogens is 2. The van der Waals surface area contributed by atoms with Crippen LogP contribution in [0.3, 0.4) is 0 Å². The Hall–Kier alpha value is -3.49. The minimum absolute atomic E-state index is 0. The van der Waals surface area contributed by atoms with Crippen LogP contribution in [0.2, 0.25) is 0 Å². The number of amides is 2. The fourth-order valence-corrected chi connectivity index (χ4v) is 5.90. The molecule has 2 N–H and O–H groups in total. The van der Waals surface area contributed by atoms with E-state index >= 15 is 0 Å². The molecule has 15 nitrogen and oxygen atoms in total. The number of ether oxygens (including phenoxy) is 2. The van der Waals surface area contributed by atoms with Crippen LogP contribution in [0.5, 0.6) is 11.5 Å². The first-order chi connectivity index (χ1) is 26.7. The van der Waals surface area contributed by atoms with Crippen molar-refractivity contribution < 1.29 is 75.6 Å².